The van der Waals surface area contributed by atoms with Gasteiger partial charge in [-0.2, -0.15) is 13.9 Å². The molecule has 79 valence electrons. The van der Waals surface area contributed by atoms with E-state index < -0.39 is 18.7 Å². The Hall–Kier alpha value is -0.430. The first-order valence-electron chi connectivity index (χ1n) is 3.37. The minimum absolute atomic E-state index is 0.0709. The number of aromatic nitrogens is 2. The standard InChI is InChI=1S/C6H4ClF4N2S/c7-3-1-12-13(2-4(8)9)5(3)14-6(10)11/h4,6H,2H2. The average Bonchev–Trinajstić information content (AvgIpc) is 2.34. The summed E-state index contributed by atoms with van der Waals surface area (Å²) in [6.45, 7) is -0.766. The lowest BCUT2D eigenvalue weighted by atomic mass is 10.6. The number of hydrogen-bond acceptors (Lipinski definition) is 2. The van der Waals surface area contributed by atoms with Crippen LogP contribution in [0.2, 0.25) is 5.02 Å². The van der Waals surface area contributed by atoms with Crippen LogP contribution in [0.25, 0.3) is 0 Å². The molecular formula is C6H4ClF4N2S. The molecule has 8 heteroatoms. The predicted molar refractivity (Wildman–Crippen MR) is 43.9 cm³/mol. The molecule has 2 nitrogen and oxygen atoms in total. The van der Waals surface area contributed by atoms with Crippen LogP contribution in [0.1, 0.15) is 0 Å². The first-order valence-corrected chi connectivity index (χ1v) is 4.63. The van der Waals surface area contributed by atoms with Crippen molar-refractivity contribution in [1.29, 1.82) is 0 Å². The molecule has 0 saturated carbocycles. The molecule has 1 heterocycles. The zero-order valence-electron chi connectivity index (χ0n) is 6.55. The molecule has 1 aromatic heterocycles. The van der Waals surface area contributed by atoms with Gasteiger partial charge in [-0.05, 0) is 11.8 Å². The average molecular weight is 248 g/mol. The van der Waals surface area contributed by atoms with Crippen LogP contribution in [0.15, 0.2) is 5.03 Å². The van der Waals surface area contributed by atoms with E-state index in [-0.39, 0.29) is 21.8 Å². The summed E-state index contributed by atoms with van der Waals surface area (Å²) in [5.41, 5.74) is 0. The van der Waals surface area contributed by atoms with Gasteiger partial charge in [-0.3, -0.25) is 4.68 Å². The monoisotopic (exact) mass is 247 g/mol. The Kier molecular flexibility index (Phi) is 4.06. The molecule has 14 heavy (non-hydrogen) atoms. The zero-order chi connectivity index (χ0) is 10.7. The van der Waals surface area contributed by atoms with Gasteiger partial charge in [0.15, 0.2) is 0 Å². The van der Waals surface area contributed by atoms with Crippen LogP contribution in [0.5, 0.6) is 0 Å². The number of halogens is 5. The van der Waals surface area contributed by atoms with Gasteiger partial charge in [0.25, 0.3) is 12.2 Å². The van der Waals surface area contributed by atoms with E-state index in [0.29, 0.717) is 4.68 Å². The van der Waals surface area contributed by atoms with E-state index in [0.717, 1.165) is 0 Å². The molecule has 0 aliphatic rings. The van der Waals surface area contributed by atoms with E-state index in [9.17, 15) is 17.6 Å². The molecule has 0 atom stereocenters. The van der Waals surface area contributed by atoms with E-state index in [2.05, 4.69) is 11.3 Å². The zero-order valence-corrected chi connectivity index (χ0v) is 8.13. The Morgan fingerprint density at radius 3 is 2.57 bits per heavy atom. The van der Waals surface area contributed by atoms with E-state index in [1.807, 2.05) is 0 Å². The third-order valence-corrected chi connectivity index (χ3v) is 2.39. The van der Waals surface area contributed by atoms with E-state index in [1.54, 1.807) is 0 Å². The highest BCUT2D eigenvalue weighted by atomic mass is 35.5. The second-order valence-corrected chi connectivity index (χ2v) is 3.54. The highest BCUT2D eigenvalue weighted by molar-refractivity contribution is 7.99. The summed E-state index contributed by atoms with van der Waals surface area (Å²) in [6.07, 6.45) is -0.531. The first-order chi connectivity index (χ1) is 6.50. The van der Waals surface area contributed by atoms with Crippen LogP contribution in [0, 0.1) is 6.20 Å². The van der Waals surface area contributed by atoms with Crippen LogP contribution >= 0.6 is 23.4 Å². The Balaban J connectivity index is 2.82. The van der Waals surface area contributed by atoms with Crippen molar-refractivity contribution in [3.8, 4) is 0 Å². The summed E-state index contributed by atoms with van der Waals surface area (Å²) in [4.78, 5) is 0. The molecule has 0 aliphatic carbocycles. The summed E-state index contributed by atoms with van der Waals surface area (Å²) < 4.78 is 48.5. The lowest BCUT2D eigenvalue weighted by molar-refractivity contribution is 0.118. The fourth-order valence-corrected chi connectivity index (χ4v) is 1.59. The smallest absolute Gasteiger partial charge is 0.251 e. The van der Waals surface area contributed by atoms with Crippen molar-refractivity contribution in [2.75, 3.05) is 0 Å². The molecule has 0 amide bonds. The predicted octanol–water partition coefficient (Wildman–Crippen LogP) is 2.92. The van der Waals surface area contributed by atoms with Gasteiger partial charge < -0.3 is 0 Å². The van der Waals surface area contributed by atoms with Gasteiger partial charge in [0.2, 0.25) is 0 Å². The Morgan fingerprint density at radius 2 is 2.07 bits per heavy atom. The molecule has 0 aromatic carbocycles. The molecule has 0 spiro atoms. The molecule has 0 fully saturated rings. The molecular weight excluding hydrogens is 244 g/mol. The van der Waals surface area contributed by atoms with E-state index >= 15 is 0 Å². The van der Waals surface area contributed by atoms with Crippen LogP contribution in [-0.2, 0) is 6.54 Å². The minimum Gasteiger partial charge on any atom is -0.251 e. The maximum atomic E-state index is 12.0. The molecule has 0 unspecified atom stereocenters. The second kappa shape index (κ2) is 4.88. The van der Waals surface area contributed by atoms with Gasteiger partial charge in [-0.25, -0.2) is 8.78 Å². The summed E-state index contributed by atoms with van der Waals surface area (Å²) in [7, 11) is 0. The quantitative estimate of drug-likeness (QED) is 0.601. The lowest BCUT2D eigenvalue weighted by Crippen LogP contribution is -2.09. The third kappa shape index (κ3) is 3.06. The van der Waals surface area contributed by atoms with Crippen molar-refractivity contribution in [3.05, 3.63) is 11.2 Å². The maximum absolute atomic E-state index is 12.0. The molecule has 0 N–H and O–H groups in total. The van der Waals surface area contributed by atoms with Gasteiger partial charge in [-0.15, -0.1) is 0 Å². The van der Waals surface area contributed by atoms with Crippen LogP contribution in [0.3, 0.4) is 0 Å². The third-order valence-electron chi connectivity index (χ3n) is 1.20. The summed E-state index contributed by atoms with van der Waals surface area (Å²) in [5.74, 6) is -2.73. The summed E-state index contributed by atoms with van der Waals surface area (Å²) >= 11 is 5.51. The minimum atomic E-state index is -2.73. The fourth-order valence-electron chi connectivity index (χ4n) is 0.762. The number of thioether (sulfide) groups is 1. The number of rotatable bonds is 4. The van der Waals surface area contributed by atoms with Gasteiger partial charge in [-0.1, -0.05) is 11.6 Å². The Morgan fingerprint density at radius 1 is 1.43 bits per heavy atom. The Bertz CT molecular complexity index is 304. The van der Waals surface area contributed by atoms with Crippen molar-refractivity contribution in [3.63, 3.8) is 0 Å². The molecule has 1 radical (unpaired) electrons. The highest BCUT2D eigenvalue weighted by Gasteiger charge is 2.17. The largest absolute Gasteiger partial charge is 0.290 e. The van der Waals surface area contributed by atoms with Gasteiger partial charge in [0.05, 0.1) is 0 Å². The SMILES string of the molecule is FC(F)Cn1n[c]c(Cl)c1SC(F)F. The fraction of sp³-hybridized carbons (Fsp3) is 0.500. The molecule has 0 aliphatic heterocycles. The lowest BCUT2D eigenvalue weighted by Gasteiger charge is -2.05. The van der Waals surface area contributed by atoms with Crippen molar-refractivity contribution < 1.29 is 17.6 Å². The van der Waals surface area contributed by atoms with Gasteiger partial charge >= 0.3 is 0 Å². The summed E-state index contributed by atoms with van der Waals surface area (Å²) in [5, 5.41) is 2.97. The van der Waals surface area contributed by atoms with Crippen LogP contribution in [0.4, 0.5) is 17.6 Å². The van der Waals surface area contributed by atoms with Crippen molar-refractivity contribution in [2.24, 2.45) is 0 Å². The van der Waals surface area contributed by atoms with Gasteiger partial charge in [0, 0.05) is 0 Å². The topological polar surface area (TPSA) is 17.8 Å². The van der Waals surface area contributed by atoms with E-state index in [1.165, 1.54) is 0 Å². The van der Waals surface area contributed by atoms with Crippen LogP contribution < -0.4 is 0 Å². The summed E-state index contributed by atoms with van der Waals surface area (Å²) in [6, 6.07) is 0. The molecule has 0 bridgehead atoms. The maximum Gasteiger partial charge on any atom is 0.290 e. The van der Waals surface area contributed by atoms with Crippen molar-refractivity contribution in [2.45, 2.75) is 23.8 Å². The highest BCUT2D eigenvalue weighted by Crippen LogP contribution is 2.31. The number of hydrogen-bond donors (Lipinski definition) is 0. The second-order valence-electron chi connectivity index (χ2n) is 2.18. The van der Waals surface area contributed by atoms with E-state index in [4.69, 9.17) is 11.6 Å². The number of nitrogens with zero attached hydrogens (tertiary/aromatic N) is 2. The van der Waals surface area contributed by atoms with Gasteiger partial charge in [0.1, 0.15) is 22.8 Å². The van der Waals surface area contributed by atoms with Crippen molar-refractivity contribution in [1.82, 2.24) is 9.78 Å². The molecule has 0 saturated heterocycles. The molecule has 1 aromatic rings. The van der Waals surface area contributed by atoms with Crippen molar-refractivity contribution >= 4 is 23.4 Å². The molecule has 1 rings (SSSR count). The normalized spacial score (nSPS) is 11.6. The number of alkyl halides is 4. The van der Waals surface area contributed by atoms with Crippen LogP contribution in [-0.4, -0.2) is 22.0 Å². The first kappa shape index (κ1) is 11.6. The Labute approximate surface area is 86.2 Å².